The molecular formula is C12H10FN2O2. The lowest BCUT2D eigenvalue weighted by Gasteiger charge is -2.08. The number of benzene rings is 1. The van der Waals surface area contributed by atoms with E-state index in [1.807, 2.05) is 0 Å². The molecule has 2 aromatic rings. The summed E-state index contributed by atoms with van der Waals surface area (Å²) in [5.41, 5.74) is 0.671. The molecule has 0 N–H and O–H groups in total. The van der Waals surface area contributed by atoms with Crippen molar-refractivity contribution in [2.45, 2.75) is 0 Å². The molecule has 0 bridgehead atoms. The van der Waals surface area contributed by atoms with Gasteiger partial charge in [0.15, 0.2) is 5.75 Å². The second-order valence-electron chi connectivity index (χ2n) is 3.45. The van der Waals surface area contributed by atoms with E-state index < -0.39 is 5.82 Å². The highest BCUT2D eigenvalue weighted by Gasteiger charge is 2.10. The molecule has 1 radical (unpaired) electrons. The number of rotatable bonds is 2. The van der Waals surface area contributed by atoms with Gasteiger partial charge in [-0.15, -0.1) is 0 Å². The minimum absolute atomic E-state index is 0.284. The predicted molar refractivity (Wildman–Crippen MR) is 60.3 cm³/mol. The Morgan fingerprint density at radius 2 is 2.24 bits per heavy atom. The molecule has 2 rings (SSSR count). The zero-order chi connectivity index (χ0) is 12.4. The van der Waals surface area contributed by atoms with Crippen LogP contribution in [0.25, 0.3) is 11.3 Å². The molecule has 1 aromatic carbocycles. The molecule has 1 heterocycles. The number of aryl methyl sites for hydroxylation is 1. The first-order valence-electron chi connectivity index (χ1n) is 4.92. The monoisotopic (exact) mass is 233 g/mol. The van der Waals surface area contributed by atoms with Crippen LogP contribution in [0.4, 0.5) is 4.39 Å². The van der Waals surface area contributed by atoms with Crippen molar-refractivity contribution < 1.29 is 9.13 Å². The number of halogens is 1. The van der Waals surface area contributed by atoms with E-state index in [2.05, 4.69) is 11.2 Å². The number of hydrogen-bond acceptors (Lipinski definition) is 3. The van der Waals surface area contributed by atoms with Gasteiger partial charge in [-0.25, -0.2) is 9.07 Å². The topological polar surface area (TPSA) is 44.1 Å². The van der Waals surface area contributed by atoms with Crippen molar-refractivity contribution in [3.05, 3.63) is 46.5 Å². The molecule has 0 saturated heterocycles. The van der Waals surface area contributed by atoms with Crippen LogP contribution in [0.3, 0.4) is 0 Å². The minimum atomic E-state index is -0.486. The average molecular weight is 233 g/mol. The Labute approximate surface area is 97.3 Å². The van der Waals surface area contributed by atoms with Crippen molar-refractivity contribution in [2.24, 2.45) is 7.05 Å². The summed E-state index contributed by atoms with van der Waals surface area (Å²) in [6, 6.07) is 8.11. The molecule has 87 valence electrons. The average Bonchev–Trinajstić information content (AvgIpc) is 2.32. The second kappa shape index (κ2) is 4.37. The molecule has 0 atom stereocenters. The smallest absolute Gasteiger partial charge is 0.270 e. The van der Waals surface area contributed by atoms with Gasteiger partial charge in [-0.05, 0) is 6.07 Å². The van der Waals surface area contributed by atoms with Gasteiger partial charge in [0.05, 0.1) is 7.11 Å². The SMILES string of the molecule is COc1cc(=O)n(C)nc1-c1cc[c]c(F)c1. The Morgan fingerprint density at radius 3 is 2.88 bits per heavy atom. The number of ether oxygens (including phenoxy) is 1. The van der Waals surface area contributed by atoms with E-state index in [1.54, 1.807) is 6.07 Å². The third kappa shape index (κ3) is 2.18. The fourth-order valence-electron chi connectivity index (χ4n) is 1.46. The quantitative estimate of drug-likeness (QED) is 0.787. The van der Waals surface area contributed by atoms with E-state index in [1.165, 1.54) is 37.0 Å². The Kier molecular flexibility index (Phi) is 2.91. The third-order valence-corrected chi connectivity index (χ3v) is 2.32. The molecule has 0 spiro atoms. The summed E-state index contributed by atoms with van der Waals surface area (Å²) in [6.07, 6.45) is 0. The van der Waals surface area contributed by atoms with Crippen molar-refractivity contribution in [3.63, 3.8) is 0 Å². The minimum Gasteiger partial charge on any atom is -0.494 e. The van der Waals surface area contributed by atoms with Crippen molar-refractivity contribution in [2.75, 3.05) is 7.11 Å². The van der Waals surface area contributed by atoms with Crippen LogP contribution in [-0.4, -0.2) is 16.9 Å². The molecule has 0 saturated carbocycles. The maximum atomic E-state index is 13.1. The van der Waals surface area contributed by atoms with Gasteiger partial charge in [-0.3, -0.25) is 4.79 Å². The Bertz CT molecular complexity index is 608. The van der Waals surface area contributed by atoms with Crippen LogP contribution >= 0.6 is 0 Å². The molecule has 0 aliphatic rings. The predicted octanol–water partition coefficient (Wildman–Crippen LogP) is 1.40. The second-order valence-corrected chi connectivity index (χ2v) is 3.45. The third-order valence-electron chi connectivity index (χ3n) is 2.32. The molecule has 0 aliphatic heterocycles. The molecule has 0 aliphatic carbocycles. The molecule has 0 fully saturated rings. The molecule has 0 amide bonds. The van der Waals surface area contributed by atoms with Gasteiger partial charge < -0.3 is 4.74 Å². The summed E-state index contributed by atoms with van der Waals surface area (Å²) in [5.74, 6) is -0.168. The van der Waals surface area contributed by atoms with E-state index in [0.29, 0.717) is 17.0 Å². The summed E-state index contributed by atoms with van der Waals surface area (Å²) < 4.78 is 19.3. The number of methoxy groups -OCH3 is 1. The lowest BCUT2D eigenvalue weighted by atomic mass is 10.1. The van der Waals surface area contributed by atoms with Gasteiger partial charge in [0.1, 0.15) is 11.5 Å². The highest BCUT2D eigenvalue weighted by molar-refractivity contribution is 5.65. The van der Waals surface area contributed by atoms with Crippen LogP contribution in [-0.2, 0) is 7.05 Å². The highest BCUT2D eigenvalue weighted by atomic mass is 19.1. The highest BCUT2D eigenvalue weighted by Crippen LogP contribution is 2.25. The first-order valence-corrected chi connectivity index (χ1v) is 4.92. The lowest BCUT2D eigenvalue weighted by Crippen LogP contribution is -2.19. The summed E-state index contributed by atoms with van der Waals surface area (Å²) in [4.78, 5) is 11.4. The molecule has 4 nitrogen and oxygen atoms in total. The molecule has 1 aromatic heterocycles. The summed E-state index contributed by atoms with van der Waals surface area (Å²) in [6.45, 7) is 0. The number of aromatic nitrogens is 2. The van der Waals surface area contributed by atoms with E-state index in [0.717, 1.165) is 0 Å². The standard InChI is InChI=1S/C12H10FN2O2/c1-15-11(16)7-10(17-2)12(14-15)8-4-3-5-9(13)6-8/h3-4,6-7H,1-2H3. The largest absolute Gasteiger partial charge is 0.494 e. The van der Waals surface area contributed by atoms with Crippen LogP contribution < -0.4 is 10.3 Å². The first-order chi connectivity index (χ1) is 8.11. The van der Waals surface area contributed by atoms with Crippen LogP contribution in [0.15, 0.2) is 29.1 Å². The maximum absolute atomic E-state index is 13.1. The Morgan fingerprint density at radius 1 is 1.47 bits per heavy atom. The molecule has 17 heavy (non-hydrogen) atoms. The fourth-order valence-corrected chi connectivity index (χ4v) is 1.46. The zero-order valence-electron chi connectivity index (χ0n) is 9.40. The van der Waals surface area contributed by atoms with Gasteiger partial charge in [-0.2, -0.15) is 5.10 Å². The zero-order valence-corrected chi connectivity index (χ0v) is 9.40. The summed E-state index contributed by atoms with van der Waals surface area (Å²) in [5, 5.41) is 4.05. The van der Waals surface area contributed by atoms with Crippen LogP contribution in [0.5, 0.6) is 5.75 Å². The van der Waals surface area contributed by atoms with Crippen molar-refractivity contribution in [3.8, 4) is 17.0 Å². The molecule has 0 unspecified atom stereocenters. The molecule has 5 heteroatoms. The van der Waals surface area contributed by atoms with Crippen LogP contribution in [0.2, 0.25) is 0 Å². The lowest BCUT2D eigenvalue weighted by molar-refractivity contribution is 0.410. The first kappa shape index (κ1) is 11.3. The van der Waals surface area contributed by atoms with Gasteiger partial charge in [0, 0.05) is 24.7 Å². The summed E-state index contributed by atoms with van der Waals surface area (Å²) in [7, 11) is 2.96. The van der Waals surface area contributed by atoms with Crippen LogP contribution in [0, 0.1) is 11.9 Å². The Hall–Kier alpha value is -2.17. The number of hydrogen-bond donors (Lipinski definition) is 0. The van der Waals surface area contributed by atoms with E-state index in [9.17, 15) is 9.18 Å². The van der Waals surface area contributed by atoms with Crippen molar-refractivity contribution in [1.82, 2.24) is 9.78 Å². The van der Waals surface area contributed by atoms with Gasteiger partial charge >= 0.3 is 0 Å². The Balaban J connectivity index is 2.66. The molecular weight excluding hydrogens is 223 g/mol. The number of nitrogens with zero attached hydrogens (tertiary/aromatic N) is 2. The van der Waals surface area contributed by atoms with Crippen LogP contribution in [0.1, 0.15) is 0 Å². The van der Waals surface area contributed by atoms with E-state index in [-0.39, 0.29) is 5.56 Å². The van der Waals surface area contributed by atoms with Gasteiger partial charge in [-0.1, -0.05) is 12.1 Å². The fraction of sp³-hybridized carbons (Fsp3) is 0.167. The van der Waals surface area contributed by atoms with Crippen molar-refractivity contribution in [1.29, 1.82) is 0 Å². The van der Waals surface area contributed by atoms with E-state index >= 15 is 0 Å². The summed E-state index contributed by atoms with van der Waals surface area (Å²) >= 11 is 0. The maximum Gasteiger partial charge on any atom is 0.270 e. The van der Waals surface area contributed by atoms with Crippen molar-refractivity contribution >= 4 is 0 Å². The van der Waals surface area contributed by atoms with E-state index in [4.69, 9.17) is 4.74 Å². The van der Waals surface area contributed by atoms with Gasteiger partial charge in [0.2, 0.25) is 0 Å². The van der Waals surface area contributed by atoms with Gasteiger partial charge in [0.25, 0.3) is 5.56 Å². The normalized spacial score (nSPS) is 10.3.